The van der Waals surface area contributed by atoms with E-state index < -0.39 is 0 Å². The third-order valence-electron chi connectivity index (χ3n) is 31.8. The number of phenols is 4. The average Bonchev–Trinajstić information content (AvgIpc) is 0.947. The van der Waals surface area contributed by atoms with Crippen molar-refractivity contribution in [2.45, 2.75) is 349 Å². The van der Waals surface area contributed by atoms with Crippen molar-refractivity contribution in [1.29, 1.82) is 0 Å². The maximum Gasteiger partial charge on any atom is 0.141 e. The molecule has 4 N–H and O–H groups in total. The molecule has 8 aromatic carbocycles. The minimum absolute atomic E-state index is 0.214. The van der Waals surface area contributed by atoms with E-state index in [0.717, 1.165) is 210 Å². The van der Waals surface area contributed by atoms with Crippen molar-refractivity contribution in [2.24, 2.45) is 53.3 Å². The number of nitrogens with zero attached hydrogens (tertiary/aromatic N) is 2. The third kappa shape index (κ3) is 22.0. The fraction of sp³-hybridized carbons (Fsp3) is 0.561. The van der Waals surface area contributed by atoms with Crippen LogP contribution in [0.15, 0.2) is 91.3 Å². The van der Waals surface area contributed by atoms with Gasteiger partial charge in [0.05, 0.1) is 41.1 Å². The molecule has 8 saturated carbocycles. The van der Waals surface area contributed by atoms with Crippen LogP contribution in [0.5, 0.6) is 34.5 Å². The molecule has 24 rings (SSSR count). The van der Waals surface area contributed by atoms with Gasteiger partial charge in [-0.3, -0.25) is 0 Å². The number of halogens is 8. The molecule has 0 spiro atoms. The Bertz CT molecular complexity index is 5320. The molecular formula is C114H138Br8Mo2N2O6. The first-order valence-electron chi connectivity index (χ1n) is 50.2. The smallest absolute Gasteiger partial charge is 0.141 e. The topological polar surface area (TPSA) is 124 Å². The number of aryl methyl sites for hydroxylation is 8. The second kappa shape index (κ2) is 43.1. The number of hydrogen-bond acceptors (Lipinski definition) is 8. The standard InChI is InChI=1S/2C21H22Br2O2.2C21H22Br2O.2C10H15N.2C5H10.2Mo/c2*1-25-21-17(23)11-13-7-3-5-9-15(13)19(21)18-14-8-4-2-6-12(14)10-16(22)20(18)24;2*1-12-17(22)10-13-6-2-4-8-15(13)19(12)20-16-9-5-3-7-14(16)11-18(23)21(20)24;2*11-10-4-7-1-8(5-10)3-9(2-7)6-10;2*1-5(2,3)4;;/h2*10-11,24H,2-9H2,1H3;2*10-11,24H,2-9H2,1H3;2*7-9H,1-6H2;2*1H,2-4H3;;. The van der Waals surface area contributed by atoms with E-state index in [9.17, 15) is 20.4 Å². The molecule has 18 heteroatoms. The molecule has 0 heterocycles. The minimum atomic E-state index is -0.214. The van der Waals surface area contributed by atoms with E-state index in [4.69, 9.17) is 16.5 Å². The molecule has 8 bridgehead atoms. The zero-order valence-corrected chi connectivity index (χ0v) is 96.4. The van der Waals surface area contributed by atoms with E-state index in [0.29, 0.717) is 44.9 Å². The second-order valence-corrected chi connectivity index (χ2v) is 53.9. The summed E-state index contributed by atoms with van der Waals surface area (Å²) in [4.78, 5) is 0. The summed E-state index contributed by atoms with van der Waals surface area (Å²) >= 11 is 28.9. The third-order valence-corrected chi connectivity index (χ3v) is 43.5. The van der Waals surface area contributed by atoms with Crippen molar-refractivity contribution in [2.75, 3.05) is 14.2 Å². The Morgan fingerprint density at radius 3 is 0.674 bits per heavy atom. The number of benzene rings is 8. The molecule has 0 amide bonds. The summed E-state index contributed by atoms with van der Waals surface area (Å²) in [5, 5.41) is 43.9. The first-order chi connectivity index (χ1) is 63.3. The van der Waals surface area contributed by atoms with E-state index in [-0.39, 0.29) is 35.8 Å². The van der Waals surface area contributed by atoms with Crippen LogP contribution < -0.4 is 9.47 Å². The molecule has 8 nitrogen and oxygen atoms in total. The van der Waals surface area contributed by atoms with Gasteiger partial charge in [0.15, 0.2) is 0 Å². The van der Waals surface area contributed by atoms with E-state index in [1.54, 1.807) is 14.2 Å². The van der Waals surface area contributed by atoms with Crippen molar-refractivity contribution >= 4 is 136 Å². The molecule has 132 heavy (non-hydrogen) atoms. The Morgan fingerprint density at radius 2 is 0.462 bits per heavy atom. The van der Waals surface area contributed by atoms with Crippen LogP contribution in [0.4, 0.5) is 0 Å². The van der Waals surface area contributed by atoms with Crippen molar-refractivity contribution in [3.05, 3.63) is 184 Å². The molecule has 16 aliphatic carbocycles. The summed E-state index contributed by atoms with van der Waals surface area (Å²) in [5.74, 6) is 9.53. The van der Waals surface area contributed by atoms with Crippen LogP contribution in [-0.4, -0.2) is 54.5 Å². The molecular weight excluding hydrogens is 2320 g/mol. The molecule has 0 aliphatic heterocycles. The van der Waals surface area contributed by atoms with Crippen LogP contribution in [0.3, 0.4) is 0 Å². The molecule has 0 atom stereocenters. The van der Waals surface area contributed by atoms with Gasteiger partial charge in [0.25, 0.3) is 0 Å². The average molecular weight is 2460 g/mol. The van der Waals surface area contributed by atoms with Crippen molar-refractivity contribution in [3.63, 3.8) is 0 Å². The van der Waals surface area contributed by atoms with E-state index in [2.05, 4.69) is 240 Å². The number of aromatic hydroxyl groups is 4. The molecule has 8 fully saturated rings. The zero-order valence-electron chi connectivity index (χ0n) is 79.7. The monoisotopic (exact) mass is 2460 g/mol. The number of ether oxygens (including phenoxy) is 2. The van der Waals surface area contributed by atoms with Crippen molar-refractivity contribution < 1.29 is 65.7 Å². The van der Waals surface area contributed by atoms with Crippen molar-refractivity contribution in [1.82, 2.24) is 0 Å². The predicted molar refractivity (Wildman–Crippen MR) is 569 cm³/mol. The first kappa shape index (κ1) is 101. The maximum absolute atomic E-state index is 11.0. The van der Waals surface area contributed by atoms with Gasteiger partial charge in [-0.05, 0) is 475 Å². The molecule has 708 valence electrons. The van der Waals surface area contributed by atoms with Gasteiger partial charge in [-0.1, -0.05) is 31.9 Å². The van der Waals surface area contributed by atoms with Gasteiger partial charge in [-0.15, -0.1) is 0 Å². The van der Waals surface area contributed by atoms with Gasteiger partial charge in [0, 0.05) is 42.3 Å². The van der Waals surface area contributed by atoms with Gasteiger partial charge in [0.2, 0.25) is 0 Å². The normalized spacial score (nSPS) is 23.4. The fourth-order valence-corrected chi connectivity index (χ4v) is 34.8. The Morgan fingerprint density at radius 1 is 0.280 bits per heavy atom. The first-order valence-corrected chi connectivity index (χ1v) is 60.7. The summed E-state index contributed by atoms with van der Waals surface area (Å²) in [6.07, 6.45) is 55.0. The van der Waals surface area contributed by atoms with E-state index >= 15 is 0 Å². The summed E-state index contributed by atoms with van der Waals surface area (Å²) in [7, 11) is 3.45. The fourth-order valence-electron chi connectivity index (χ4n) is 26.7. The van der Waals surface area contributed by atoms with Crippen LogP contribution >= 0.6 is 127 Å². The Labute approximate surface area is 872 Å². The second-order valence-electron chi connectivity index (χ2n) is 44.0. The molecule has 0 saturated heterocycles. The molecule has 0 aromatic heterocycles. The van der Waals surface area contributed by atoms with E-state index in [1.165, 1.54) is 300 Å². The summed E-state index contributed by atoms with van der Waals surface area (Å²) < 4.78 is 34.8. The summed E-state index contributed by atoms with van der Waals surface area (Å²) in [6.45, 7) is 18.2. The molecule has 0 unspecified atom stereocenters. The van der Waals surface area contributed by atoms with Crippen LogP contribution in [0.25, 0.3) is 44.5 Å². The van der Waals surface area contributed by atoms with Crippen LogP contribution in [-0.2, 0) is 139 Å². The van der Waals surface area contributed by atoms with Crippen LogP contribution in [0.1, 0.15) is 321 Å². The van der Waals surface area contributed by atoms with Gasteiger partial charge >= 0.3 is 228 Å². The van der Waals surface area contributed by atoms with Crippen LogP contribution in [0, 0.1) is 60.2 Å². The van der Waals surface area contributed by atoms with E-state index in [1.807, 2.05) is 0 Å². The minimum Gasteiger partial charge on any atom is -0.506 e. The van der Waals surface area contributed by atoms with Gasteiger partial charge in [-0.2, -0.15) is 0 Å². The number of methoxy groups -OCH3 is 2. The molecule has 8 aromatic rings. The quantitative estimate of drug-likeness (QED) is 0.112. The number of fused-ring (bicyclic) bond motifs is 8. The van der Waals surface area contributed by atoms with Gasteiger partial charge in [-0.25, -0.2) is 0 Å². The summed E-state index contributed by atoms with van der Waals surface area (Å²) in [6, 6.07) is 17.5. The molecule has 0 radical (unpaired) electrons. The van der Waals surface area contributed by atoms with Gasteiger partial charge in [0.1, 0.15) is 34.5 Å². The number of phenolic OH excluding ortho intramolecular Hbond substituents is 4. The van der Waals surface area contributed by atoms with Crippen molar-refractivity contribution in [3.8, 4) is 79.0 Å². The predicted octanol–water partition coefficient (Wildman–Crippen LogP) is 34.1. The number of hydrogen-bond donors (Lipinski definition) is 4. The molecule has 16 aliphatic rings. The maximum atomic E-state index is 11.0. The van der Waals surface area contributed by atoms with Crippen LogP contribution in [0.2, 0.25) is 0 Å². The van der Waals surface area contributed by atoms with Gasteiger partial charge < -0.3 is 29.9 Å². The zero-order chi connectivity index (χ0) is 93.0. The Hall–Kier alpha value is -2.88. The number of rotatable bonds is 8. The Balaban J connectivity index is 0.000000111. The SMILES string of the molecule is CC(C)(C)[CH]=[Mo]=[N]C12CC3CC(CC(C3)C1)C2.CC(C)(C)[CH]=[Mo]=[N]C12CC3CC(CC(C3)C1)C2.COc1c(Br)cc2c(c1-c1c(O)c(Br)cc3c1CCCC3)CCCC2.COc1c(Br)cc2c(c1-c1c(O)c(Br)cc3c1CCCC3)CCCC2.Cc1c(Br)cc2c(c1-c1c(O)c(Br)cc3c1CCCC3)CCCC2.Cc1c(Br)cc2c(c1-c1c(O)c(Br)cc3c1CCCC3)CCCC2. The Kier molecular flexibility index (Phi) is 32.9. The summed E-state index contributed by atoms with van der Waals surface area (Å²) in [5.41, 5.74) is 35.4. The largest absolute Gasteiger partial charge is 0.506 e.